The van der Waals surface area contributed by atoms with Crippen molar-refractivity contribution in [1.29, 1.82) is 0 Å². The first-order valence-electron chi connectivity index (χ1n) is 5.59. The molecule has 2 N–H and O–H groups in total. The van der Waals surface area contributed by atoms with Gasteiger partial charge < -0.3 is 15.4 Å². The van der Waals surface area contributed by atoms with E-state index < -0.39 is 5.60 Å². The summed E-state index contributed by atoms with van der Waals surface area (Å²) in [7, 11) is 0. The van der Waals surface area contributed by atoms with Crippen molar-refractivity contribution in [3.63, 3.8) is 0 Å². The van der Waals surface area contributed by atoms with Crippen LogP contribution in [0.1, 0.15) is 33.6 Å². The SMILES string of the molecule is CC(C)(C)OC(=O)CNCC1CCC(=O)N1. The molecule has 1 aliphatic heterocycles. The number of hydrogen-bond acceptors (Lipinski definition) is 4. The van der Waals surface area contributed by atoms with Gasteiger partial charge in [-0.2, -0.15) is 0 Å². The molecule has 1 rings (SSSR count). The molecule has 0 radical (unpaired) electrons. The molecule has 0 bridgehead atoms. The number of carbonyl (C=O) groups is 2. The summed E-state index contributed by atoms with van der Waals surface area (Å²) in [4.78, 5) is 22.2. The Balaban J connectivity index is 2.11. The molecular weight excluding hydrogens is 208 g/mol. The lowest BCUT2D eigenvalue weighted by Gasteiger charge is -2.20. The van der Waals surface area contributed by atoms with Gasteiger partial charge in [-0.05, 0) is 27.2 Å². The first-order valence-corrected chi connectivity index (χ1v) is 5.59. The van der Waals surface area contributed by atoms with Crippen LogP contribution in [0.15, 0.2) is 0 Å². The molecule has 5 nitrogen and oxygen atoms in total. The molecule has 5 heteroatoms. The molecule has 92 valence electrons. The van der Waals surface area contributed by atoms with Crippen LogP contribution in [0.5, 0.6) is 0 Å². The second-order valence-corrected chi connectivity index (χ2v) is 5.02. The van der Waals surface area contributed by atoms with Gasteiger partial charge in [0.15, 0.2) is 0 Å². The van der Waals surface area contributed by atoms with Crippen LogP contribution in [0.3, 0.4) is 0 Å². The predicted molar refractivity (Wildman–Crippen MR) is 59.9 cm³/mol. The monoisotopic (exact) mass is 228 g/mol. The summed E-state index contributed by atoms with van der Waals surface area (Å²) >= 11 is 0. The Bertz CT molecular complexity index is 271. The molecule has 0 aromatic rings. The van der Waals surface area contributed by atoms with E-state index >= 15 is 0 Å². The molecular formula is C11H20N2O3. The Hall–Kier alpha value is -1.10. The fourth-order valence-electron chi connectivity index (χ4n) is 1.56. The zero-order chi connectivity index (χ0) is 12.2. The van der Waals surface area contributed by atoms with Gasteiger partial charge in [0, 0.05) is 19.0 Å². The van der Waals surface area contributed by atoms with Crippen LogP contribution in [0, 0.1) is 0 Å². The summed E-state index contributed by atoms with van der Waals surface area (Å²) < 4.78 is 5.13. The average Bonchev–Trinajstić information content (AvgIpc) is 2.48. The van der Waals surface area contributed by atoms with E-state index in [1.807, 2.05) is 20.8 Å². The number of carbonyl (C=O) groups excluding carboxylic acids is 2. The number of esters is 1. The molecule has 1 unspecified atom stereocenters. The predicted octanol–water partition coefficient (Wildman–Crippen LogP) is 0.196. The van der Waals surface area contributed by atoms with Crippen molar-refractivity contribution in [2.24, 2.45) is 0 Å². The minimum atomic E-state index is -0.444. The van der Waals surface area contributed by atoms with Crippen molar-refractivity contribution in [2.75, 3.05) is 13.1 Å². The van der Waals surface area contributed by atoms with Gasteiger partial charge in [-0.1, -0.05) is 0 Å². The van der Waals surface area contributed by atoms with Crippen LogP contribution in [0.25, 0.3) is 0 Å². The largest absolute Gasteiger partial charge is 0.459 e. The van der Waals surface area contributed by atoms with Gasteiger partial charge in [0.05, 0.1) is 6.54 Å². The summed E-state index contributed by atoms with van der Waals surface area (Å²) in [6, 6.07) is 0.148. The molecule has 1 saturated heterocycles. The normalized spacial score (nSPS) is 20.7. The summed E-state index contributed by atoms with van der Waals surface area (Å²) in [5.74, 6) is -0.180. The van der Waals surface area contributed by atoms with Crippen LogP contribution in [0.2, 0.25) is 0 Å². The maximum Gasteiger partial charge on any atom is 0.320 e. The Kier molecular flexibility index (Phi) is 4.29. The van der Waals surface area contributed by atoms with E-state index in [1.54, 1.807) is 0 Å². The smallest absolute Gasteiger partial charge is 0.320 e. The second kappa shape index (κ2) is 5.30. The zero-order valence-electron chi connectivity index (χ0n) is 10.1. The van der Waals surface area contributed by atoms with Gasteiger partial charge in [-0.25, -0.2) is 0 Å². The van der Waals surface area contributed by atoms with Gasteiger partial charge in [0.2, 0.25) is 5.91 Å². The zero-order valence-corrected chi connectivity index (χ0v) is 10.1. The minimum Gasteiger partial charge on any atom is -0.459 e. The van der Waals surface area contributed by atoms with Crippen molar-refractivity contribution in [2.45, 2.75) is 45.3 Å². The average molecular weight is 228 g/mol. The summed E-state index contributed by atoms with van der Waals surface area (Å²) in [5.41, 5.74) is -0.444. The van der Waals surface area contributed by atoms with Gasteiger partial charge in [0.1, 0.15) is 5.60 Å². The first-order chi connectivity index (χ1) is 7.37. The Morgan fingerprint density at radius 3 is 2.75 bits per heavy atom. The second-order valence-electron chi connectivity index (χ2n) is 5.02. The number of rotatable bonds is 4. The van der Waals surface area contributed by atoms with Gasteiger partial charge >= 0.3 is 5.97 Å². The molecule has 0 aliphatic carbocycles. The van der Waals surface area contributed by atoms with Crippen LogP contribution >= 0.6 is 0 Å². The van der Waals surface area contributed by atoms with Crippen LogP contribution in [0.4, 0.5) is 0 Å². The highest BCUT2D eigenvalue weighted by Gasteiger charge is 2.21. The lowest BCUT2D eigenvalue weighted by molar-refractivity contribution is -0.153. The fourth-order valence-corrected chi connectivity index (χ4v) is 1.56. The van der Waals surface area contributed by atoms with Gasteiger partial charge in [-0.3, -0.25) is 9.59 Å². The molecule has 1 atom stereocenters. The highest BCUT2D eigenvalue weighted by molar-refractivity contribution is 5.78. The number of nitrogens with one attached hydrogen (secondary N) is 2. The molecule has 0 aromatic carbocycles. The third kappa shape index (κ3) is 5.11. The molecule has 16 heavy (non-hydrogen) atoms. The van der Waals surface area contributed by atoms with E-state index in [-0.39, 0.29) is 24.5 Å². The highest BCUT2D eigenvalue weighted by atomic mass is 16.6. The molecule has 1 aliphatic rings. The van der Waals surface area contributed by atoms with Crippen LogP contribution in [-0.2, 0) is 14.3 Å². The Morgan fingerprint density at radius 2 is 2.25 bits per heavy atom. The van der Waals surface area contributed by atoms with E-state index in [2.05, 4.69) is 10.6 Å². The summed E-state index contributed by atoms with van der Waals surface area (Å²) in [6.07, 6.45) is 1.42. The third-order valence-electron chi connectivity index (χ3n) is 2.17. The fraction of sp³-hybridized carbons (Fsp3) is 0.818. The van der Waals surface area contributed by atoms with Crippen molar-refractivity contribution in [1.82, 2.24) is 10.6 Å². The molecule has 1 fully saturated rings. The van der Waals surface area contributed by atoms with Crippen molar-refractivity contribution in [3.8, 4) is 0 Å². The van der Waals surface area contributed by atoms with Crippen LogP contribution < -0.4 is 10.6 Å². The maximum absolute atomic E-state index is 11.3. The minimum absolute atomic E-state index is 0.0871. The number of hydrogen-bond donors (Lipinski definition) is 2. The van der Waals surface area contributed by atoms with Gasteiger partial charge in [0.25, 0.3) is 0 Å². The summed E-state index contributed by atoms with van der Waals surface area (Å²) in [5, 5.41) is 5.80. The van der Waals surface area contributed by atoms with E-state index in [0.717, 1.165) is 6.42 Å². The molecule has 1 amide bonds. The molecule has 0 aromatic heterocycles. The van der Waals surface area contributed by atoms with E-state index in [4.69, 9.17) is 4.74 Å². The topological polar surface area (TPSA) is 67.4 Å². The lowest BCUT2D eigenvalue weighted by Crippen LogP contribution is -2.39. The number of amides is 1. The quantitative estimate of drug-likeness (QED) is 0.674. The standard InChI is InChI=1S/C11H20N2O3/c1-11(2,3)16-10(15)7-12-6-8-4-5-9(14)13-8/h8,12H,4-7H2,1-3H3,(H,13,14). The van der Waals surface area contributed by atoms with E-state index in [0.29, 0.717) is 13.0 Å². The molecule has 0 saturated carbocycles. The van der Waals surface area contributed by atoms with Crippen molar-refractivity contribution >= 4 is 11.9 Å². The van der Waals surface area contributed by atoms with Crippen molar-refractivity contribution in [3.05, 3.63) is 0 Å². The van der Waals surface area contributed by atoms with Gasteiger partial charge in [-0.15, -0.1) is 0 Å². The highest BCUT2D eigenvalue weighted by Crippen LogP contribution is 2.07. The van der Waals surface area contributed by atoms with E-state index in [9.17, 15) is 9.59 Å². The maximum atomic E-state index is 11.3. The lowest BCUT2D eigenvalue weighted by atomic mass is 10.2. The Labute approximate surface area is 95.9 Å². The van der Waals surface area contributed by atoms with Crippen LogP contribution in [-0.4, -0.2) is 36.6 Å². The third-order valence-corrected chi connectivity index (χ3v) is 2.17. The molecule has 1 heterocycles. The summed E-state index contributed by atoms with van der Waals surface area (Å²) in [6.45, 7) is 6.31. The Morgan fingerprint density at radius 1 is 1.56 bits per heavy atom. The molecule has 0 spiro atoms. The van der Waals surface area contributed by atoms with Crippen molar-refractivity contribution < 1.29 is 14.3 Å². The first kappa shape index (κ1) is 13.0. The van der Waals surface area contributed by atoms with E-state index in [1.165, 1.54) is 0 Å². The number of ether oxygens (including phenoxy) is 1.